The lowest BCUT2D eigenvalue weighted by Gasteiger charge is -2.07. The summed E-state index contributed by atoms with van der Waals surface area (Å²) in [5.74, 6) is 0.683. The van der Waals surface area contributed by atoms with E-state index in [0.29, 0.717) is 35.0 Å². The third-order valence-electron chi connectivity index (χ3n) is 4.00. The van der Waals surface area contributed by atoms with Gasteiger partial charge in [0.15, 0.2) is 11.2 Å². The van der Waals surface area contributed by atoms with Gasteiger partial charge >= 0.3 is 5.69 Å². The average Bonchev–Trinajstić information content (AvgIpc) is 2.86. The number of nitrogens with one attached hydrogen (secondary N) is 1. The van der Waals surface area contributed by atoms with E-state index in [1.807, 2.05) is 18.2 Å². The van der Waals surface area contributed by atoms with Crippen molar-refractivity contribution in [3.63, 3.8) is 0 Å². The molecule has 3 aromatic rings. The van der Waals surface area contributed by atoms with Gasteiger partial charge in [-0.1, -0.05) is 23.7 Å². The topological polar surface area (TPSA) is 81.9 Å². The Labute approximate surface area is 142 Å². The first-order valence-corrected chi connectivity index (χ1v) is 7.71. The lowest BCUT2D eigenvalue weighted by Crippen LogP contribution is -2.29. The molecular formula is C16H17ClN4O3. The number of aromatic amines is 1. The van der Waals surface area contributed by atoms with Crippen molar-refractivity contribution in [2.45, 2.75) is 13.0 Å². The number of H-pyrrole nitrogens is 1. The number of aromatic nitrogens is 4. The highest BCUT2D eigenvalue weighted by Gasteiger charge is 2.15. The van der Waals surface area contributed by atoms with Gasteiger partial charge in [-0.2, -0.15) is 0 Å². The van der Waals surface area contributed by atoms with E-state index in [4.69, 9.17) is 16.3 Å². The molecule has 0 aliphatic carbocycles. The third-order valence-corrected chi connectivity index (χ3v) is 4.37. The fourth-order valence-electron chi connectivity index (χ4n) is 2.70. The maximum Gasteiger partial charge on any atom is 0.329 e. The monoisotopic (exact) mass is 348 g/mol. The van der Waals surface area contributed by atoms with Crippen LogP contribution in [0.25, 0.3) is 11.2 Å². The van der Waals surface area contributed by atoms with Crippen molar-refractivity contribution < 1.29 is 4.74 Å². The first-order valence-electron chi connectivity index (χ1n) is 7.33. The van der Waals surface area contributed by atoms with Crippen molar-refractivity contribution in [1.29, 1.82) is 0 Å². The Morgan fingerprint density at radius 3 is 2.71 bits per heavy atom. The minimum absolute atomic E-state index is 0.368. The Hall–Kier alpha value is -2.38. The van der Waals surface area contributed by atoms with Gasteiger partial charge in [0.1, 0.15) is 5.82 Å². The number of ether oxygens (including phenoxy) is 1. The first-order chi connectivity index (χ1) is 11.4. The zero-order valence-corrected chi connectivity index (χ0v) is 14.3. The number of rotatable bonds is 4. The molecule has 0 aliphatic heterocycles. The highest BCUT2D eigenvalue weighted by molar-refractivity contribution is 6.31. The zero-order chi connectivity index (χ0) is 17.4. The second kappa shape index (κ2) is 6.26. The van der Waals surface area contributed by atoms with Crippen molar-refractivity contribution in [3.05, 3.63) is 61.0 Å². The molecule has 24 heavy (non-hydrogen) atoms. The summed E-state index contributed by atoms with van der Waals surface area (Å²) >= 11 is 6.15. The van der Waals surface area contributed by atoms with Crippen molar-refractivity contribution in [3.8, 4) is 0 Å². The van der Waals surface area contributed by atoms with E-state index < -0.39 is 11.2 Å². The molecule has 0 amide bonds. The maximum absolute atomic E-state index is 12.1. The highest BCUT2D eigenvalue weighted by atomic mass is 35.5. The van der Waals surface area contributed by atoms with E-state index >= 15 is 0 Å². The molecule has 126 valence electrons. The molecule has 2 heterocycles. The largest absolute Gasteiger partial charge is 0.380 e. The van der Waals surface area contributed by atoms with Crippen LogP contribution in [0.5, 0.6) is 0 Å². The van der Waals surface area contributed by atoms with E-state index in [2.05, 4.69) is 9.97 Å². The van der Waals surface area contributed by atoms with Gasteiger partial charge in [0.25, 0.3) is 5.56 Å². The predicted molar refractivity (Wildman–Crippen MR) is 91.5 cm³/mol. The zero-order valence-electron chi connectivity index (χ0n) is 13.6. The summed E-state index contributed by atoms with van der Waals surface area (Å²) in [5, 5.41) is 0.643. The molecule has 8 heteroatoms. The van der Waals surface area contributed by atoms with E-state index in [0.717, 1.165) is 11.1 Å². The van der Waals surface area contributed by atoms with Crippen molar-refractivity contribution in [2.75, 3.05) is 7.11 Å². The molecule has 0 bridgehead atoms. The summed E-state index contributed by atoms with van der Waals surface area (Å²) in [6.45, 7) is 0.420. The van der Waals surface area contributed by atoms with Gasteiger partial charge < -0.3 is 9.30 Å². The van der Waals surface area contributed by atoms with Gasteiger partial charge in [-0.15, -0.1) is 0 Å². The molecule has 0 radical (unpaired) electrons. The molecule has 1 aromatic carbocycles. The van der Waals surface area contributed by atoms with Gasteiger partial charge in [-0.05, 0) is 17.2 Å². The molecule has 0 fully saturated rings. The van der Waals surface area contributed by atoms with E-state index in [1.165, 1.54) is 4.57 Å². The number of benzene rings is 1. The summed E-state index contributed by atoms with van der Waals surface area (Å²) in [7, 11) is 4.95. The third kappa shape index (κ3) is 2.76. The van der Waals surface area contributed by atoms with E-state index in [-0.39, 0.29) is 0 Å². The standard InChI is InChI=1S/C16H17ClN4O3/c1-20-12(7-9-4-5-11(17)10(6-9)8-24-3)18-14-13(20)15(22)19-16(23)21(14)2/h4-6H,7-8H2,1-3H3,(H,19,22,23). The summed E-state index contributed by atoms with van der Waals surface area (Å²) in [4.78, 5) is 30.5. The Morgan fingerprint density at radius 1 is 1.25 bits per heavy atom. The molecule has 0 saturated heterocycles. The van der Waals surface area contributed by atoms with Crippen LogP contribution in [0.2, 0.25) is 5.02 Å². The second-order valence-electron chi connectivity index (χ2n) is 5.61. The van der Waals surface area contributed by atoms with E-state index in [9.17, 15) is 9.59 Å². The number of hydrogen-bond donors (Lipinski definition) is 1. The minimum atomic E-state index is -0.481. The Bertz CT molecular complexity index is 1030. The first kappa shape index (κ1) is 16.5. The fraction of sp³-hybridized carbons (Fsp3) is 0.312. The summed E-state index contributed by atoms with van der Waals surface area (Å²) in [6, 6.07) is 5.68. The summed E-state index contributed by atoms with van der Waals surface area (Å²) in [6.07, 6.45) is 0.507. The molecule has 0 saturated carbocycles. The number of aryl methyl sites for hydroxylation is 2. The smallest absolute Gasteiger partial charge is 0.329 e. The molecule has 0 atom stereocenters. The summed E-state index contributed by atoms with van der Waals surface area (Å²) in [5.41, 5.74) is 1.70. The number of nitrogens with zero attached hydrogens (tertiary/aromatic N) is 3. The number of methoxy groups -OCH3 is 1. The molecule has 7 nitrogen and oxygen atoms in total. The normalized spacial score (nSPS) is 11.3. The van der Waals surface area contributed by atoms with Gasteiger partial charge in [0.2, 0.25) is 0 Å². The van der Waals surface area contributed by atoms with Gasteiger partial charge in [-0.3, -0.25) is 14.3 Å². The van der Waals surface area contributed by atoms with Crippen LogP contribution < -0.4 is 11.2 Å². The number of halogens is 1. The Balaban J connectivity index is 2.08. The number of fused-ring (bicyclic) bond motifs is 1. The van der Waals surface area contributed by atoms with Crippen molar-refractivity contribution in [2.24, 2.45) is 14.1 Å². The molecule has 1 N–H and O–H groups in total. The number of imidazole rings is 1. The van der Waals surface area contributed by atoms with Crippen LogP contribution in [-0.4, -0.2) is 26.2 Å². The van der Waals surface area contributed by atoms with Crippen LogP contribution >= 0.6 is 11.6 Å². The van der Waals surface area contributed by atoms with E-state index in [1.54, 1.807) is 25.8 Å². The molecule has 0 unspecified atom stereocenters. The van der Waals surface area contributed by atoms with Gasteiger partial charge in [-0.25, -0.2) is 9.78 Å². The van der Waals surface area contributed by atoms with Crippen LogP contribution in [0.1, 0.15) is 17.0 Å². The van der Waals surface area contributed by atoms with Crippen LogP contribution in [0, 0.1) is 0 Å². The second-order valence-corrected chi connectivity index (χ2v) is 6.02. The molecule has 0 aliphatic rings. The quantitative estimate of drug-likeness (QED) is 0.771. The average molecular weight is 349 g/mol. The maximum atomic E-state index is 12.1. The molecule has 0 spiro atoms. The molecule has 3 rings (SSSR count). The molecule has 2 aromatic heterocycles. The van der Waals surface area contributed by atoms with Crippen molar-refractivity contribution in [1.82, 2.24) is 19.1 Å². The highest BCUT2D eigenvalue weighted by Crippen LogP contribution is 2.21. The van der Waals surface area contributed by atoms with Crippen LogP contribution in [0.3, 0.4) is 0 Å². The molecular weight excluding hydrogens is 332 g/mol. The minimum Gasteiger partial charge on any atom is -0.380 e. The fourth-order valence-corrected chi connectivity index (χ4v) is 2.87. The SMILES string of the molecule is COCc1cc(Cc2nc3c(c(=O)[nH]c(=O)n3C)n2C)ccc1Cl. The van der Waals surface area contributed by atoms with Crippen LogP contribution in [-0.2, 0) is 31.9 Å². The Kier molecular flexibility index (Phi) is 4.29. The lowest BCUT2D eigenvalue weighted by atomic mass is 10.1. The number of hydrogen-bond acceptors (Lipinski definition) is 4. The van der Waals surface area contributed by atoms with Crippen molar-refractivity contribution >= 4 is 22.8 Å². The van der Waals surface area contributed by atoms with Gasteiger partial charge in [0, 0.05) is 32.6 Å². The lowest BCUT2D eigenvalue weighted by molar-refractivity contribution is 0.185. The predicted octanol–water partition coefficient (Wildman–Crippen LogP) is 1.35. The Morgan fingerprint density at radius 2 is 2.00 bits per heavy atom. The summed E-state index contributed by atoms with van der Waals surface area (Å²) < 4.78 is 8.18. The van der Waals surface area contributed by atoms with Gasteiger partial charge in [0.05, 0.1) is 6.61 Å². The van der Waals surface area contributed by atoms with Crippen LogP contribution in [0.15, 0.2) is 27.8 Å². The van der Waals surface area contributed by atoms with Crippen LogP contribution in [0.4, 0.5) is 0 Å².